The van der Waals surface area contributed by atoms with E-state index in [2.05, 4.69) is 0 Å². The molecule has 13 heavy (non-hydrogen) atoms. The molecule has 0 unspecified atom stereocenters. The van der Waals surface area contributed by atoms with Crippen LogP contribution in [0, 0.1) is 13.8 Å². The molecule has 0 heterocycles. The normalized spacial score (nSPS) is 9.08. The molecule has 0 atom stereocenters. The van der Waals surface area contributed by atoms with Gasteiger partial charge in [0, 0.05) is 0 Å². The zero-order chi connectivity index (χ0) is 9.14. The average Bonchev–Trinajstić information content (AvgIpc) is 1.96. The standard InChI is InChI=1S/C10H12O2.ClH/c1-7-3-4-9(5-8(7)2)6-10(11)12;/h3-5H,6H2,1-2H3,(H,11,12);1H. The van der Waals surface area contributed by atoms with Crippen LogP contribution >= 0.6 is 12.4 Å². The van der Waals surface area contributed by atoms with Crippen LogP contribution in [0.5, 0.6) is 0 Å². The average molecular weight is 201 g/mol. The van der Waals surface area contributed by atoms with Crippen molar-refractivity contribution in [2.45, 2.75) is 20.3 Å². The minimum atomic E-state index is -0.779. The maximum absolute atomic E-state index is 10.4. The van der Waals surface area contributed by atoms with Gasteiger partial charge in [0.15, 0.2) is 0 Å². The largest absolute Gasteiger partial charge is 0.481 e. The van der Waals surface area contributed by atoms with Gasteiger partial charge in [-0.15, -0.1) is 12.4 Å². The molecular weight excluding hydrogens is 188 g/mol. The Labute approximate surface area is 84.0 Å². The summed E-state index contributed by atoms with van der Waals surface area (Å²) in [6.07, 6.45) is 0.112. The lowest BCUT2D eigenvalue weighted by Crippen LogP contribution is -2.00. The third kappa shape index (κ3) is 3.47. The van der Waals surface area contributed by atoms with Crippen LogP contribution in [-0.2, 0) is 11.2 Å². The predicted octanol–water partition coefficient (Wildman–Crippen LogP) is 2.35. The van der Waals surface area contributed by atoms with E-state index >= 15 is 0 Å². The highest BCUT2D eigenvalue weighted by molar-refractivity contribution is 5.85. The van der Waals surface area contributed by atoms with E-state index in [1.165, 1.54) is 5.56 Å². The zero-order valence-electron chi connectivity index (χ0n) is 7.70. The Bertz CT molecular complexity index is 308. The van der Waals surface area contributed by atoms with Crippen molar-refractivity contribution in [2.75, 3.05) is 0 Å². The Morgan fingerprint density at radius 2 is 1.92 bits per heavy atom. The molecular formula is C10H13ClO2. The van der Waals surface area contributed by atoms with E-state index in [-0.39, 0.29) is 18.8 Å². The molecule has 0 amide bonds. The smallest absolute Gasteiger partial charge is 0.307 e. The molecule has 72 valence electrons. The highest BCUT2D eigenvalue weighted by Gasteiger charge is 2.00. The molecule has 0 aromatic heterocycles. The molecule has 1 N–H and O–H groups in total. The van der Waals surface area contributed by atoms with E-state index in [4.69, 9.17) is 5.11 Å². The quantitative estimate of drug-likeness (QED) is 0.796. The number of carbonyl (C=O) groups is 1. The van der Waals surface area contributed by atoms with Crippen LogP contribution in [0.1, 0.15) is 16.7 Å². The Kier molecular flexibility index (Phi) is 4.49. The topological polar surface area (TPSA) is 37.3 Å². The Balaban J connectivity index is 0.00000144. The van der Waals surface area contributed by atoms with Crippen molar-refractivity contribution in [2.24, 2.45) is 0 Å². The van der Waals surface area contributed by atoms with Crippen molar-refractivity contribution >= 4 is 18.4 Å². The molecule has 0 saturated heterocycles. The summed E-state index contributed by atoms with van der Waals surface area (Å²) in [4.78, 5) is 10.4. The van der Waals surface area contributed by atoms with Crippen LogP contribution in [0.2, 0.25) is 0 Å². The van der Waals surface area contributed by atoms with Crippen molar-refractivity contribution in [3.8, 4) is 0 Å². The second-order valence-electron chi connectivity index (χ2n) is 2.99. The molecule has 0 aliphatic heterocycles. The van der Waals surface area contributed by atoms with Crippen LogP contribution < -0.4 is 0 Å². The van der Waals surface area contributed by atoms with Gasteiger partial charge in [-0.3, -0.25) is 4.79 Å². The van der Waals surface area contributed by atoms with Gasteiger partial charge in [0.2, 0.25) is 0 Å². The molecule has 0 aliphatic rings. The number of hydrogen-bond donors (Lipinski definition) is 1. The summed E-state index contributed by atoms with van der Waals surface area (Å²) in [6, 6.07) is 5.73. The van der Waals surface area contributed by atoms with Crippen LogP contribution in [0.4, 0.5) is 0 Å². The molecule has 0 spiro atoms. The van der Waals surface area contributed by atoms with E-state index in [0.29, 0.717) is 0 Å². The molecule has 3 heteroatoms. The summed E-state index contributed by atoms with van der Waals surface area (Å²) in [5.74, 6) is -0.779. The van der Waals surface area contributed by atoms with Gasteiger partial charge in [0.25, 0.3) is 0 Å². The van der Waals surface area contributed by atoms with Crippen LogP contribution in [0.15, 0.2) is 18.2 Å². The van der Waals surface area contributed by atoms with Gasteiger partial charge in [-0.25, -0.2) is 0 Å². The van der Waals surface area contributed by atoms with Gasteiger partial charge in [-0.2, -0.15) is 0 Å². The molecule has 2 nitrogen and oxygen atoms in total. The third-order valence-electron chi connectivity index (χ3n) is 1.93. The monoisotopic (exact) mass is 200 g/mol. The first-order chi connectivity index (χ1) is 5.59. The van der Waals surface area contributed by atoms with Crippen molar-refractivity contribution in [3.05, 3.63) is 34.9 Å². The molecule has 0 aliphatic carbocycles. The summed E-state index contributed by atoms with van der Waals surface area (Å²) in [5, 5.41) is 8.53. The minimum absolute atomic E-state index is 0. The number of aliphatic carboxylic acids is 1. The SMILES string of the molecule is Cc1ccc(CC(=O)O)cc1C.Cl. The summed E-state index contributed by atoms with van der Waals surface area (Å²) >= 11 is 0. The molecule has 0 radical (unpaired) electrons. The first-order valence-corrected chi connectivity index (χ1v) is 3.87. The number of halogens is 1. The maximum atomic E-state index is 10.4. The number of rotatable bonds is 2. The maximum Gasteiger partial charge on any atom is 0.307 e. The lowest BCUT2D eigenvalue weighted by atomic mass is 10.0. The zero-order valence-corrected chi connectivity index (χ0v) is 8.52. The minimum Gasteiger partial charge on any atom is -0.481 e. The lowest BCUT2D eigenvalue weighted by molar-refractivity contribution is -0.136. The highest BCUT2D eigenvalue weighted by Crippen LogP contribution is 2.09. The van der Waals surface area contributed by atoms with Gasteiger partial charge in [-0.05, 0) is 30.5 Å². The highest BCUT2D eigenvalue weighted by atomic mass is 35.5. The molecule has 0 saturated carbocycles. The lowest BCUT2D eigenvalue weighted by Gasteiger charge is -2.01. The fraction of sp³-hybridized carbons (Fsp3) is 0.300. The van der Waals surface area contributed by atoms with Gasteiger partial charge in [0.05, 0.1) is 6.42 Å². The number of benzene rings is 1. The molecule has 0 bridgehead atoms. The molecule has 1 rings (SSSR count). The van der Waals surface area contributed by atoms with E-state index in [0.717, 1.165) is 11.1 Å². The van der Waals surface area contributed by atoms with Gasteiger partial charge in [-0.1, -0.05) is 18.2 Å². The van der Waals surface area contributed by atoms with Gasteiger partial charge in [0.1, 0.15) is 0 Å². The molecule has 1 aromatic carbocycles. The van der Waals surface area contributed by atoms with E-state index < -0.39 is 5.97 Å². The number of carboxylic acid groups (broad SMARTS) is 1. The molecule has 0 fully saturated rings. The Morgan fingerprint density at radius 3 is 2.38 bits per heavy atom. The Morgan fingerprint density at radius 1 is 1.31 bits per heavy atom. The van der Waals surface area contributed by atoms with Crippen LogP contribution in [0.3, 0.4) is 0 Å². The van der Waals surface area contributed by atoms with Gasteiger partial charge < -0.3 is 5.11 Å². The first kappa shape index (κ1) is 12.0. The fourth-order valence-corrected chi connectivity index (χ4v) is 1.09. The van der Waals surface area contributed by atoms with Crippen molar-refractivity contribution < 1.29 is 9.90 Å². The summed E-state index contributed by atoms with van der Waals surface area (Å²) in [6.45, 7) is 4.00. The van der Waals surface area contributed by atoms with Crippen molar-refractivity contribution in [1.29, 1.82) is 0 Å². The third-order valence-corrected chi connectivity index (χ3v) is 1.93. The summed E-state index contributed by atoms with van der Waals surface area (Å²) < 4.78 is 0. The Hall–Kier alpha value is -1.02. The van der Waals surface area contributed by atoms with Crippen LogP contribution in [0.25, 0.3) is 0 Å². The van der Waals surface area contributed by atoms with Gasteiger partial charge >= 0.3 is 5.97 Å². The van der Waals surface area contributed by atoms with Crippen LogP contribution in [-0.4, -0.2) is 11.1 Å². The van der Waals surface area contributed by atoms with Crippen molar-refractivity contribution in [3.63, 3.8) is 0 Å². The second-order valence-corrected chi connectivity index (χ2v) is 2.99. The van der Waals surface area contributed by atoms with E-state index in [1.54, 1.807) is 0 Å². The fourth-order valence-electron chi connectivity index (χ4n) is 1.09. The summed E-state index contributed by atoms with van der Waals surface area (Å²) in [5.41, 5.74) is 3.21. The van der Waals surface area contributed by atoms with E-state index in [1.807, 2.05) is 32.0 Å². The number of carboxylic acids is 1. The number of aryl methyl sites for hydroxylation is 2. The predicted molar refractivity (Wildman–Crippen MR) is 54.5 cm³/mol. The summed E-state index contributed by atoms with van der Waals surface area (Å²) in [7, 11) is 0. The molecule has 1 aromatic rings. The van der Waals surface area contributed by atoms with E-state index in [9.17, 15) is 4.79 Å². The second kappa shape index (κ2) is 4.87. The number of hydrogen-bond acceptors (Lipinski definition) is 1. The van der Waals surface area contributed by atoms with Crippen molar-refractivity contribution in [1.82, 2.24) is 0 Å². The first-order valence-electron chi connectivity index (χ1n) is 3.87.